The smallest absolute Gasteiger partial charge is 0.101 e. The minimum Gasteiger partial charge on any atom is -0.344 e. The van der Waals surface area contributed by atoms with Gasteiger partial charge in [0, 0.05) is 75.7 Å². The summed E-state index contributed by atoms with van der Waals surface area (Å²) in [5, 5.41) is 2.30. The lowest BCUT2D eigenvalue weighted by molar-refractivity contribution is 0.946. The fourth-order valence-electron chi connectivity index (χ4n) is 6.86. The molecular weight excluding hydrogens is 699 g/mol. The molecule has 0 aliphatic rings. The quantitative estimate of drug-likeness (QED) is 0.140. The molecule has 0 radical (unpaired) electrons. The maximum atomic E-state index is 4.28. The van der Waals surface area contributed by atoms with E-state index in [2.05, 4.69) is 201 Å². The van der Waals surface area contributed by atoms with Crippen molar-refractivity contribution in [2.45, 2.75) is 0 Å². The SMILES string of the molecule is Cn1c(-c2ccc(N(c3ccncc3)c3ccc(-c4ccccc4)s3)cc2)ccc1-c1ccc(N(c2ccncc2)c2ccc(-c3ccccc3)s2)cc1. The second kappa shape index (κ2) is 14.8. The fraction of sp³-hybridized carbons (Fsp3) is 0.0213. The van der Waals surface area contributed by atoms with E-state index in [9.17, 15) is 0 Å². The molecule has 5 nitrogen and oxygen atoms in total. The highest BCUT2D eigenvalue weighted by molar-refractivity contribution is 7.19. The molecule has 260 valence electrons. The molecule has 0 atom stereocenters. The molecule has 7 heteroatoms. The Labute approximate surface area is 323 Å². The molecule has 5 aromatic heterocycles. The maximum absolute atomic E-state index is 4.28. The first-order valence-corrected chi connectivity index (χ1v) is 19.4. The van der Waals surface area contributed by atoms with Crippen LogP contribution in [0, 0.1) is 0 Å². The summed E-state index contributed by atoms with van der Waals surface area (Å²) in [6, 6.07) is 60.3. The van der Waals surface area contributed by atoms with Crippen molar-refractivity contribution < 1.29 is 0 Å². The van der Waals surface area contributed by atoms with Crippen molar-refractivity contribution in [1.29, 1.82) is 0 Å². The minimum absolute atomic E-state index is 1.07. The van der Waals surface area contributed by atoms with E-state index in [4.69, 9.17) is 0 Å². The largest absolute Gasteiger partial charge is 0.344 e. The summed E-state index contributed by atoms with van der Waals surface area (Å²) in [7, 11) is 2.15. The Morgan fingerprint density at radius 1 is 0.370 bits per heavy atom. The van der Waals surface area contributed by atoms with E-state index in [-0.39, 0.29) is 0 Å². The van der Waals surface area contributed by atoms with Crippen LogP contribution >= 0.6 is 22.7 Å². The van der Waals surface area contributed by atoms with Crippen LogP contribution in [0.3, 0.4) is 0 Å². The molecule has 9 aromatic rings. The lowest BCUT2D eigenvalue weighted by atomic mass is 10.1. The summed E-state index contributed by atoms with van der Waals surface area (Å²) in [6.07, 6.45) is 7.39. The van der Waals surface area contributed by atoms with Gasteiger partial charge < -0.3 is 14.4 Å². The van der Waals surface area contributed by atoms with Crippen LogP contribution in [-0.2, 0) is 7.05 Å². The number of nitrogens with zero attached hydrogens (tertiary/aromatic N) is 5. The Hall–Kier alpha value is -6.54. The van der Waals surface area contributed by atoms with Crippen molar-refractivity contribution in [3.05, 3.63) is 195 Å². The van der Waals surface area contributed by atoms with Gasteiger partial charge in [-0.1, -0.05) is 84.9 Å². The Morgan fingerprint density at radius 3 is 1.13 bits per heavy atom. The van der Waals surface area contributed by atoms with Crippen LogP contribution in [0.4, 0.5) is 32.8 Å². The van der Waals surface area contributed by atoms with Gasteiger partial charge in [0.25, 0.3) is 0 Å². The maximum Gasteiger partial charge on any atom is 0.101 e. The third kappa shape index (κ3) is 6.63. The summed E-state index contributed by atoms with van der Waals surface area (Å²) in [5.41, 5.74) is 11.4. The number of rotatable bonds is 10. The normalized spacial score (nSPS) is 11.1. The molecule has 5 heterocycles. The zero-order chi connectivity index (χ0) is 36.3. The predicted octanol–water partition coefficient (Wildman–Crippen LogP) is 13.5. The van der Waals surface area contributed by atoms with E-state index >= 15 is 0 Å². The lowest BCUT2D eigenvalue weighted by Gasteiger charge is -2.24. The Bertz CT molecular complexity index is 2410. The standard InChI is InChI=1S/C47H35N5S2/c1-50-42(34-12-16-38(17-13-34)51(40-26-30-48-31-27-40)46-24-22-44(53-46)36-8-4-2-5-9-36)20-21-43(50)35-14-18-39(19-15-35)52(41-28-32-49-33-29-41)47-25-23-45(54-47)37-10-6-3-7-11-37/h2-33H,1H3. The first-order chi connectivity index (χ1) is 26.7. The Balaban J connectivity index is 0.993. The van der Waals surface area contributed by atoms with E-state index in [0.29, 0.717) is 0 Å². The molecule has 0 aliphatic carbocycles. The molecule has 0 unspecified atom stereocenters. The van der Waals surface area contributed by atoms with Gasteiger partial charge in [0.1, 0.15) is 10.0 Å². The summed E-state index contributed by atoms with van der Waals surface area (Å²) in [5.74, 6) is 0. The van der Waals surface area contributed by atoms with Crippen LogP contribution in [-0.4, -0.2) is 14.5 Å². The summed E-state index contributed by atoms with van der Waals surface area (Å²) >= 11 is 3.57. The fourth-order valence-corrected chi connectivity index (χ4v) is 8.96. The van der Waals surface area contributed by atoms with Gasteiger partial charge in [0.15, 0.2) is 0 Å². The zero-order valence-electron chi connectivity index (χ0n) is 29.5. The molecule has 0 aliphatic heterocycles. The molecule has 9 rings (SSSR count). The third-order valence-corrected chi connectivity index (χ3v) is 11.8. The molecule has 0 amide bonds. The van der Waals surface area contributed by atoms with Crippen molar-refractivity contribution in [3.63, 3.8) is 0 Å². The topological polar surface area (TPSA) is 37.2 Å². The molecular formula is C47H35N5S2. The number of hydrogen-bond donors (Lipinski definition) is 0. The molecule has 0 N–H and O–H groups in total. The summed E-state index contributed by atoms with van der Waals surface area (Å²) in [4.78, 5) is 15.6. The van der Waals surface area contributed by atoms with Crippen LogP contribution in [0.5, 0.6) is 0 Å². The molecule has 0 bridgehead atoms. The van der Waals surface area contributed by atoms with Crippen LogP contribution in [0.25, 0.3) is 43.4 Å². The van der Waals surface area contributed by atoms with Crippen LogP contribution in [0.2, 0.25) is 0 Å². The van der Waals surface area contributed by atoms with Gasteiger partial charge in [-0.05, 0) is 107 Å². The van der Waals surface area contributed by atoms with E-state index in [1.54, 1.807) is 22.7 Å². The summed E-state index contributed by atoms with van der Waals surface area (Å²) < 4.78 is 2.28. The van der Waals surface area contributed by atoms with Crippen molar-refractivity contribution >= 4 is 55.4 Å². The minimum atomic E-state index is 1.07. The van der Waals surface area contributed by atoms with Gasteiger partial charge >= 0.3 is 0 Å². The Kier molecular flexibility index (Phi) is 9.15. The second-order valence-electron chi connectivity index (χ2n) is 12.8. The van der Waals surface area contributed by atoms with Crippen LogP contribution in [0.15, 0.2) is 195 Å². The van der Waals surface area contributed by atoms with Gasteiger partial charge in [-0.25, -0.2) is 0 Å². The van der Waals surface area contributed by atoms with Gasteiger partial charge in [-0.2, -0.15) is 0 Å². The third-order valence-electron chi connectivity index (χ3n) is 9.55. The Morgan fingerprint density at radius 2 is 0.741 bits per heavy atom. The number of thiophene rings is 2. The number of pyridine rings is 2. The van der Waals surface area contributed by atoms with E-state index in [1.165, 1.54) is 20.9 Å². The lowest BCUT2D eigenvalue weighted by Crippen LogP contribution is -2.08. The first kappa shape index (κ1) is 33.3. The zero-order valence-corrected chi connectivity index (χ0v) is 31.2. The highest BCUT2D eigenvalue weighted by Crippen LogP contribution is 2.44. The highest BCUT2D eigenvalue weighted by atomic mass is 32.1. The average molecular weight is 734 g/mol. The predicted molar refractivity (Wildman–Crippen MR) is 228 cm³/mol. The van der Waals surface area contributed by atoms with Crippen molar-refractivity contribution in [1.82, 2.24) is 14.5 Å². The number of hydrogen-bond acceptors (Lipinski definition) is 6. The monoisotopic (exact) mass is 733 g/mol. The van der Waals surface area contributed by atoms with Crippen molar-refractivity contribution in [2.75, 3.05) is 9.80 Å². The molecule has 0 saturated carbocycles. The van der Waals surface area contributed by atoms with Crippen LogP contribution in [0.1, 0.15) is 0 Å². The van der Waals surface area contributed by atoms with Gasteiger partial charge in [0.2, 0.25) is 0 Å². The van der Waals surface area contributed by atoms with E-state index in [0.717, 1.165) is 55.3 Å². The number of aromatic nitrogens is 3. The second-order valence-corrected chi connectivity index (χ2v) is 15.0. The molecule has 54 heavy (non-hydrogen) atoms. The highest BCUT2D eigenvalue weighted by Gasteiger charge is 2.18. The number of benzene rings is 4. The van der Waals surface area contributed by atoms with Crippen molar-refractivity contribution in [3.8, 4) is 43.4 Å². The number of anilines is 6. The van der Waals surface area contributed by atoms with Crippen LogP contribution < -0.4 is 9.80 Å². The van der Waals surface area contributed by atoms with Crippen molar-refractivity contribution in [2.24, 2.45) is 7.05 Å². The van der Waals surface area contributed by atoms with Gasteiger partial charge in [0.05, 0.1) is 0 Å². The summed E-state index contributed by atoms with van der Waals surface area (Å²) in [6.45, 7) is 0. The molecule has 0 fully saturated rings. The molecule has 4 aromatic carbocycles. The van der Waals surface area contributed by atoms with Gasteiger partial charge in [-0.3, -0.25) is 9.97 Å². The molecule has 0 spiro atoms. The van der Waals surface area contributed by atoms with Gasteiger partial charge in [-0.15, -0.1) is 22.7 Å². The first-order valence-electron chi connectivity index (χ1n) is 17.8. The average Bonchev–Trinajstić information content (AvgIpc) is 4.02. The van der Waals surface area contributed by atoms with E-state index < -0.39 is 0 Å². The molecule has 0 saturated heterocycles. The van der Waals surface area contributed by atoms with E-state index in [1.807, 2.05) is 24.8 Å².